The Morgan fingerprint density at radius 1 is 1.30 bits per heavy atom. The van der Waals surface area contributed by atoms with E-state index in [9.17, 15) is 22.8 Å². The van der Waals surface area contributed by atoms with Crippen molar-refractivity contribution in [3.63, 3.8) is 0 Å². The summed E-state index contributed by atoms with van der Waals surface area (Å²) in [5.41, 5.74) is -0.489. The maximum absolute atomic E-state index is 13.2. The third-order valence-corrected chi connectivity index (χ3v) is 4.68. The van der Waals surface area contributed by atoms with Gasteiger partial charge in [0.05, 0.1) is 30.9 Å². The normalized spacial score (nSPS) is 19.4. The monoisotopic (exact) mass is 388 g/mol. The minimum Gasteiger partial charge on any atom is -0.449 e. The first-order chi connectivity index (χ1) is 12.6. The van der Waals surface area contributed by atoms with Gasteiger partial charge in [-0.25, -0.2) is 9.86 Å². The summed E-state index contributed by atoms with van der Waals surface area (Å²) in [5, 5.41) is 0.988. The molecule has 0 unspecified atom stereocenters. The number of hydroxylamine groups is 2. The largest absolute Gasteiger partial charge is 0.449 e. The second-order valence-corrected chi connectivity index (χ2v) is 6.21. The molecule has 1 aliphatic rings. The summed E-state index contributed by atoms with van der Waals surface area (Å²) in [7, 11) is 2.70. The number of ether oxygens (including phenoxy) is 1. The van der Waals surface area contributed by atoms with E-state index in [0.29, 0.717) is 6.42 Å². The third-order valence-electron chi connectivity index (χ3n) is 4.68. The molecule has 0 fully saturated rings. The Morgan fingerprint density at radius 3 is 2.48 bits per heavy atom. The van der Waals surface area contributed by atoms with Crippen LogP contribution in [-0.2, 0) is 20.5 Å². The molecule has 1 aromatic carbocycles. The van der Waals surface area contributed by atoms with Crippen molar-refractivity contribution in [3.8, 4) is 0 Å². The van der Waals surface area contributed by atoms with Gasteiger partial charge < -0.3 is 4.74 Å². The lowest BCUT2D eigenvalue weighted by molar-refractivity contribution is -0.170. The SMILES string of the molecule is CCOC(=O)N1c2ccc(C(F)(F)F)cc2[C@@H](C(=O)N(C)OC)C[C@H]1CC. The highest BCUT2D eigenvalue weighted by atomic mass is 19.4. The van der Waals surface area contributed by atoms with Gasteiger partial charge in [0.2, 0.25) is 0 Å². The Morgan fingerprint density at radius 2 is 1.96 bits per heavy atom. The maximum Gasteiger partial charge on any atom is 0.416 e. The fraction of sp³-hybridized carbons (Fsp3) is 0.556. The van der Waals surface area contributed by atoms with E-state index in [1.165, 1.54) is 25.1 Å². The molecule has 0 bridgehead atoms. The fourth-order valence-electron chi connectivity index (χ4n) is 3.26. The van der Waals surface area contributed by atoms with E-state index in [4.69, 9.17) is 9.57 Å². The van der Waals surface area contributed by atoms with E-state index in [1.54, 1.807) is 6.92 Å². The van der Waals surface area contributed by atoms with Gasteiger partial charge in [-0.05, 0) is 43.5 Å². The van der Waals surface area contributed by atoms with Crippen molar-refractivity contribution in [1.29, 1.82) is 0 Å². The van der Waals surface area contributed by atoms with Gasteiger partial charge >= 0.3 is 12.3 Å². The minimum absolute atomic E-state index is 0.135. The van der Waals surface area contributed by atoms with Crippen molar-refractivity contribution in [1.82, 2.24) is 5.06 Å². The highest BCUT2D eigenvalue weighted by Crippen LogP contribution is 2.43. The van der Waals surface area contributed by atoms with Crippen LogP contribution in [0.5, 0.6) is 0 Å². The Hall–Kier alpha value is -2.29. The average molecular weight is 388 g/mol. The van der Waals surface area contributed by atoms with Crippen LogP contribution in [0.2, 0.25) is 0 Å². The lowest BCUT2D eigenvalue weighted by Gasteiger charge is -2.40. The van der Waals surface area contributed by atoms with E-state index < -0.39 is 29.7 Å². The molecule has 1 heterocycles. The topological polar surface area (TPSA) is 59.1 Å². The zero-order valence-corrected chi connectivity index (χ0v) is 15.7. The number of halogens is 3. The summed E-state index contributed by atoms with van der Waals surface area (Å²) in [6.07, 6.45) is -4.52. The predicted molar refractivity (Wildman–Crippen MR) is 92.2 cm³/mol. The van der Waals surface area contributed by atoms with Crippen LogP contribution in [0.3, 0.4) is 0 Å². The van der Waals surface area contributed by atoms with E-state index in [1.807, 2.05) is 6.92 Å². The highest BCUT2D eigenvalue weighted by molar-refractivity contribution is 5.94. The molecule has 2 rings (SSSR count). The van der Waals surface area contributed by atoms with Crippen molar-refractivity contribution < 1.29 is 32.3 Å². The molecule has 0 aliphatic carbocycles. The molecule has 2 atom stereocenters. The molecular weight excluding hydrogens is 365 g/mol. The number of amides is 2. The molecular formula is C18H23F3N2O4. The summed E-state index contributed by atoms with van der Waals surface area (Å²) in [6, 6.07) is 2.68. The molecule has 0 radical (unpaired) electrons. The van der Waals surface area contributed by atoms with Crippen LogP contribution in [0.15, 0.2) is 18.2 Å². The van der Waals surface area contributed by atoms with Gasteiger partial charge in [0, 0.05) is 13.1 Å². The molecule has 1 aliphatic heterocycles. The number of hydrogen-bond acceptors (Lipinski definition) is 4. The van der Waals surface area contributed by atoms with Crippen LogP contribution < -0.4 is 4.90 Å². The number of alkyl halides is 3. The lowest BCUT2D eigenvalue weighted by atomic mass is 9.83. The van der Waals surface area contributed by atoms with Gasteiger partial charge in [-0.15, -0.1) is 0 Å². The quantitative estimate of drug-likeness (QED) is 0.733. The van der Waals surface area contributed by atoms with Crippen LogP contribution in [0.25, 0.3) is 0 Å². The van der Waals surface area contributed by atoms with Gasteiger partial charge in [0.1, 0.15) is 0 Å². The number of benzene rings is 1. The molecule has 0 saturated heterocycles. The minimum atomic E-state index is -4.56. The van der Waals surface area contributed by atoms with Gasteiger partial charge in [-0.1, -0.05) is 6.92 Å². The number of likely N-dealkylation sites (N-methyl/N-ethyl adjacent to an activating group) is 1. The molecule has 6 nitrogen and oxygen atoms in total. The first kappa shape index (κ1) is 21.0. The molecule has 0 saturated carbocycles. The molecule has 2 amide bonds. The Labute approximate surface area is 155 Å². The Balaban J connectivity index is 2.62. The smallest absolute Gasteiger partial charge is 0.416 e. The molecule has 0 spiro atoms. The van der Waals surface area contributed by atoms with Crippen LogP contribution in [0.4, 0.5) is 23.7 Å². The van der Waals surface area contributed by atoms with Crippen molar-refractivity contribution in [2.75, 3.05) is 25.7 Å². The van der Waals surface area contributed by atoms with E-state index in [-0.39, 0.29) is 30.3 Å². The number of anilines is 1. The van der Waals surface area contributed by atoms with Crippen LogP contribution in [0, 0.1) is 0 Å². The summed E-state index contributed by atoms with van der Waals surface area (Å²) >= 11 is 0. The van der Waals surface area contributed by atoms with Crippen LogP contribution >= 0.6 is 0 Å². The molecule has 9 heteroatoms. The van der Waals surface area contributed by atoms with Gasteiger partial charge in [0.15, 0.2) is 0 Å². The Bertz CT molecular complexity index is 708. The summed E-state index contributed by atoms with van der Waals surface area (Å²) in [5.74, 6) is -1.33. The zero-order valence-electron chi connectivity index (χ0n) is 15.7. The first-order valence-electron chi connectivity index (χ1n) is 8.64. The second kappa shape index (κ2) is 8.16. The summed E-state index contributed by atoms with van der Waals surface area (Å²) in [4.78, 5) is 31.4. The average Bonchev–Trinajstić information content (AvgIpc) is 2.64. The van der Waals surface area contributed by atoms with Crippen molar-refractivity contribution in [2.24, 2.45) is 0 Å². The van der Waals surface area contributed by atoms with Crippen molar-refractivity contribution in [3.05, 3.63) is 29.3 Å². The fourth-order valence-corrected chi connectivity index (χ4v) is 3.26. The van der Waals surface area contributed by atoms with Gasteiger partial charge in [0.25, 0.3) is 5.91 Å². The number of carbonyl (C=O) groups excluding carboxylic acids is 2. The number of nitrogens with zero attached hydrogens (tertiary/aromatic N) is 2. The van der Waals surface area contributed by atoms with Crippen LogP contribution in [0.1, 0.15) is 43.7 Å². The Kier molecular flexibility index (Phi) is 6.35. The lowest BCUT2D eigenvalue weighted by Crippen LogP contribution is -2.47. The van der Waals surface area contributed by atoms with Gasteiger partial charge in [-0.2, -0.15) is 13.2 Å². The van der Waals surface area contributed by atoms with E-state index in [2.05, 4.69) is 0 Å². The van der Waals surface area contributed by atoms with Gasteiger partial charge in [-0.3, -0.25) is 14.5 Å². The van der Waals surface area contributed by atoms with E-state index >= 15 is 0 Å². The first-order valence-corrected chi connectivity index (χ1v) is 8.64. The summed E-state index contributed by atoms with van der Waals surface area (Å²) < 4.78 is 44.7. The molecule has 150 valence electrons. The molecule has 1 aromatic rings. The molecule has 0 aromatic heterocycles. The number of fused-ring (bicyclic) bond motifs is 1. The number of hydrogen-bond donors (Lipinski definition) is 0. The third kappa shape index (κ3) is 4.18. The highest BCUT2D eigenvalue weighted by Gasteiger charge is 2.42. The van der Waals surface area contributed by atoms with Crippen molar-refractivity contribution in [2.45, 2.75) is 44.8 Å². The standard InChI is InChI=1S/C18H23F3N2O4/c1-5-12-10-14(16(24)22(3)26-4)13-9-11(18(19,20)21)7-8-15(13)23(12)17(25)27-6-2/h7-9,12,14H,5-6,10H2,1-4H3/t12-,14+/m1/s1. The maximum atomic E-state index is 13.2. The second-order valence-electron chi connectivity index (χ2n) is 6.21. The molecule has 27 heavy (non-hydrogen) atoms. The predicted octanol–water partition coefficient (Wildman–Crippen LogP) is 3.95. The molecule has 0 N–H and O–H groups in total. The number of rotatable bonds is 4. The zero-order chi connectivity index (χ0) is 20.4. The van der Waals surface area contributed by atoms with Crippen molar-refractivity contribution >= 4 is 17.7 Å². The van der Waals surface area contributed by atoms with Crippen LogP contribution in [-0.4, -0.2) is 43.9 Å². The summed E-state index contributed by atoms with van der Waals surface area (Å²) in [6.45, 7) is 3.63. The number of carbonyl (C=O) groups is 2. The van der Waals surface area contributed by atoms with E-state index in [0.717, 1.165) is 17.2 Å².